The van der Waals surface area contributed by atoms with Gasteiger partial charge in [-0.25, -0.2) is 0 Å². The maximum Gasteiger partial charge on any atom is 0.149 e. The Hall–Kier alpha value is -3.13. The quantitative estimate of drug-likeness (QED) is 0.498. The summed E-state index contributed by atoms with van der Waals surface area (Å²) < 4.78 is 0. The lowest BCUT2D eigenvalue weighted by atomic mass is 9.91. The molecule has 4 rings (SSSR count). The number of phenolic OH excluding ortho intramolecular Hbond substituents is 1. The number of nitrogens with zero attached hydrogens (tertiary/aromatic N) is 1. The second-order valence-corrected chi connectivity index (χ2v) is 6.35. The van der Waals surface area contributed by atoms with Gasteiger partial charge in [-0.3, -0.25) is 4.98 Å². The van der Waals surface area contributed by atoms with Crippen LogP contribution < -0.4 is 0 Å². The third kappa shape index (κ3) is 2.56. The molecule has 25 heavy (non-hydrogen) atoms. The van der Waals surface area contributed by atoms with E-state index in [0.29, 0.717) is 5.52 Å². The van der Waals surface area contributed by atoms with Crippen LogP contribution in [0.15, 0.2) is 72.9 Å². The van der Waals surface area contributed by atoms with E-state index in [1.165, 1.54) is 5.56 Å². The molecule has 0 saturated carbocycles. The maximum atomic E-state index is 10.9. The van der Waals surface area contributed by atoms with E-state index in [9.17, 15) is 5.11 Å². The highest BCUT2D eigenvalue weighted by atomic mass is 16.3. The molecule has 0 aliphatic heterocycles. The highest BCUT2D eigenvalue weighted by Crippen LogP contribution is 2.42. The number of benzene rings is 3. The second-order valence-electron chi connectivity index (χ2n) is 6.35. The molecular formula is C23H19NO. The Bertz CT molecular complexity index is 1080. The first-order valence-corrected chi connectivity index (χ1v) is 8.39. The molecule has 1 heterocycles. The third-order valence-electron chi connectivity index (χ3n) is 4.74. The summed E-state index contributed by atoms with van der Waals surface area (Å²) in [6.07, 6.45) is 1.73. The zero-order valence-electron chi connectivity index (χ0n) is 14.3. The lowest BCUT2D eigenvalue weighted by Gasteiger charge is -2.15. The van der Waals surface area contributed by atoms with E-state index in [0.717, 1.165) is 33.2 Å². The van der Waals surface area contributed by atoms with E-state index >= 15 is 0 Å². The van der Waals surface area contributed by atoms with Gasteiger partial charge in [-0.1, -0.05) is 54.6 Å². The standard InChI is InChI=1S/C23H19NO/c1-15-8-3-5-10-17(15)20-14-21(18-11-6-4-9-16(18)2)23(25)22-19(20)12-7-13-24-22/h3-14,25H,1-2H3. The van der Waals surface area contributed by atoms with Crippen LogP contribution in [-0.4, -0.2) is 10.1 Å². The second kappa shape index (κ2) is 6.06. The normalized spacial score (nSPS) is 11.0. The number of phenols is 1. The van der Waals surface area contributed by atoms with Crippen molar-refractivity contribution in [1.29, 1.82) is 0 Å². The van der Waals surface area contributed by atoms with Crippen LogP contribution in [-0.2, 0) is 0 Å². The van der Waals surface area contributed by atoms with Gasteiger partial charge in [-0.2, -0.15) is 0 Å². The van der Waals surface area contributed by atoms with Gasteiger partial charge in [-0.15, -0.1) is 0 Å². The molecular weight excluding hydrogens is 306 g/mol. The molecule has 0 aliphatic rings. The number of fused-ring (bicyclic) bond motifs is 1. The molecule has 4 aromatic rings. The van der Waals surface area contributed by atoms with E-state index in [1.807, 2.05) is 42.5 Å². The number of rotatable bonds is 2. The van der Waals surface area contributed by atoms with Gasteiger partial charge in [0.1, 0.15) is 11.3 Å². The molecule has 0 amide bonds. The van der Waals surface area contributed by atoms with Crippen molar-refractivity contribution in [2.75, 3.05) is 0 Å². The molecule has 0 saturated heterocycles. The van der Waals surface area contributed by atoms with E-state index in [-0.39, 0.29) is 5.75 Å². The maximum absolute atomic E-state index is 10.9. The summed E-state index contributed by atoms with van der Waals surface area (Å²) >= 11 is 0. The lowest BCUT2D eigenvalue weighted by Crippen LogP contribution is -1.91. The molecule has 1 N–H and O–H groups in total. The highest BCUT2D eigenvalue weighted by molar-refractivity contribution is 6.03. The molecule has 0 unspecified atom stereocenters. The Morgan fingerprint density at radius 1 is 0.680 bits per heavy atom. The molecule has 0 spiro atoms. The van der Waals surface area contributed by atoms with Crippen molar-refractivity contribution < 1.29 is 5.11 Å². The summed E-state index contributed by atoms with van der Waals surface area (Å²) in [5, 5.41) is 11.9. The molecule has 2 nitrogen and oxygen atoms in total. The fraction of sp³-hybridized carbons (Fsp3) is 0.0870. The average molecular weight is 325 g/mol. The van der Waals surface area contributed by atoms with Crippen molar-refractivity contribution >= 4 is 10.9 Å². The fourth-order valence-electron chi connectivity index (χ4n) is 3.41. The van der Waals surface area contributed by atoms with Gasteiger partial charge in [0.25, 0.3) is 0 Å². The van der Waals surface area contributed by atoms with Crippen LogP contribution >= 0.6 is 0 Å². The zero-order valence-corrected chi connectivity index (χ0v) is 14.3. The molecule has 0 fully saturated rings. The summed E-state index contributed by atoms with van der Waals surface area (Å²) in [7, 11) is 0. The SMILES string of the molecule is Cc1ccccc1-c1cc(-c2ccccc2C)c2cccnc2c1O. The van der Waals surface area contributed by atoms with Gasteiger partial charge in [0.05, 0.1) is 0 Å². The first-order valence-electron chi connectivity index (χ1n) is 8.39. The molecule has 0 bridgehead atoms. The van der Waals surface area contributed by atoms with Crippen LogP contribution in [0, 0.1) is 13.8 Å². The molecule has 0 aliphatic carbocycles. The van der Waals surface area contributed by atoms with E-state index < -0.39 is 0 Å². The van der Waals surface area contributed by atoms with Crippen molar-refractivity contribution in [3.05, 3.63) is 84.1 Å². The predicted molar refractivity (Wildman–Crippen MR) is 104 cm³/mol. The minimum absolute atomic E-state index is 0.238. The van der Waals surface area contributed by atoms with Crippen molar-refractivity contribution in [1.82, 2.24) is 4.98 Å². The van der Waals surface area contributed by atoms with E-state index in [4.69, 9.17) is 0 Å². The van der Waals surface area contributed by atoms with Crippen molar-refractivity contribution in [2.24, 2.45) is 0 Å². The van der Waals surface area contributed by atoms with Crippen LogP contribution in [0.25, 0.3) is 33.2 Å². The number of aryl methyl sites for hydroxylation is 2. The number of aromatic hydroxyl groups is 1. The van der Waals surface area contributed by atoms with Crippen LogP contribution in [0.1, 0.15) is 11.1 Å². The van der Waals surface area contributed by atoms with Crippen molar-refractivity contribution in [3.8, 4) is 28.0 Å². The first kappa shape index (κ1) is 15.4. The summed E-state index contributed by atoms with van der Waals surface area (Å²) in [6.45, 7) is 4.17. The summed E-state index contributed by atoms with van der Waals surface area (Å²) in [4.78, 5) is 4.46. The van der Waals surface area contributed by atoms with Crippen LogP contribution in [0.4, 0.5) is 0 Å². The Morgan fingerprint density at radius 3 is 1.92 bits per heavy atom. The number of hydrogen-bond acceptors (Lipinski definition) is 2. The Balaban J connectivity index is 2.12. The van der Waals surface area contributed by atoms with Crippen LogP contribution in [0.3, 0.4) is 0 Å². The average Bonchev–Trinajstić information content (AvgIpc) is 2.64. The highest BCUT2D eigenvalue weighted by Gasteiger charge is 2.16. The smallest absolute Gasteiger partial charge is 0.149 e. The summed E-state index contributed by atoms with van der Waals surface area (Å²) in [5.74, 6) is 0.238. The van der Waals surface area contributed by atoms with Crippen molar-refractivity contribution in [3.63, 3.8) is 0 Å². The lowest BCUT2D eigenvalue weighted by molar-refractivity contribution is 0.482. The number of hydrogen-bond donors (Lipinski definition) is 1. The van der Waals surface area contributed by atoms with Crippen LogP contribution in [0.5, 0.6) is 5.75 Å². The van der Waals surface area contributed by atoms with Crippen LogP contribution in [0.2, 0.25) is 0 Å². The van der Waals surface area contributed by atoms with E-state index in [1.54, 1.807) is 6.20 Å². The predicted octanol–water partition coefficient (Wildman–Crippen LogP) is 5.89. The van der Waals surface area contributed by atoms with Gasteiger partial charge >= 0.3 is 0 Å². The molecule has 3 aromatic carbocycles. The number of aromatic nitrogens is 1. The largest absolute Gasteiger partial charge is 0.505 e. The summed E-state index contributed by atoms with van der Waals surface area (Å²) in [6, 6.07) is 22.5. The Labute approximate surface area is 147 Å². The topological polar surface area (TPSA) is 33.1 Å². The molecule has 2 heteroatoms. The minimum Gasteiger partial charge on any atom is -0.505 e. The van der Waals surface area contributed by atoms with E-state index in [2.05, 4.69) is 43.1 Å². The van der Waals surface area contributed by atoms with Crippen molar-refractivity contribution in [2.45, 2.75) is 13.8 Å². The zero-order chi connectivity index (χ0) is 17.4. The van der Waals surface area contributed by atoms with Gasteiger partial charge < -0.3 is 5.11 Å². The Kier molecular flexibility index (Phi) is 3.73. The Morgan fingerprint density at radius 2 is 1.28 bits per heavy atom. The summed E-state index contributed by atoms with van der Waals surface area (Å²) in [5.41, 5.74) is 7.08. The monoisotopic (exact) mass is 325 g/mol. The van der Waals surface area contributed by atoms with Gasteiger partial charge in [0.15, 0.2) is 0 Å². The molecule has 0 atom stereocenters. The fourth-order valence-corrected chi connectivity index (χ4v) is 3.41. The minimum atomic E-state index is 0.238. The molecule has 122 valence electrons. The molecule has 0 radical (unpaired) electrons. The number of pyridine rings is 1. The van der Waals surface area contributed by atoms with Gasteiger partial charge in [0.2, 0.25) is 0 Å². The van der Waals surface area contributed by atoms with Gasteiger partial charge in [-0.05, 0) is 53.8 Å². The third-order valence-corrected chi connectivity index (χ3v) is 4.74. The first-order chi connectivity index (χ1) is 12.2. The van der Waals surface area contributed by atoms with Gasteiger partial charge in [0, 0.05) is 17.1 Å². The molecule has 1 aromatic heterocycles.